The van der Waals surface area contributed by atoms with Gasteiger partial charge in [-0.2, -0.15) is 0 Å². The number of nitrogens with one attached hydrogen (secondary N) is 2. The normalized spacial score (nSPS) is 15.0. The third kappa shape index (κ3) is 5.41. The Hall–Kier alpha value is -2.18. The first-order chi connectivity index (χ1) is 12.1. The van der Waals surface area contributed by atoms with E-state index in [2.05, 4.69) is 10.6 Å². The van der Waals surface area contributed by atoms with Gasteiger partial charge in [-0.25, -0.2) is 0 Å². The molecule has 1 heterocycles. The zero-order valence-corrected chi connectivity index (χ0v) is 15.1. The fourth-order valence-electron chi connectivity index (χ4n) is 2.67. The molecular formula is C19H23N3O2S. The SMILES string of the molecule is CN(CC(=O)NC1CC1)CC(=O)N[C@@H](c1ccccc1)c1cccs1. The standard InChI is InChI=1S/C19H23N3O2S/c1-22(12-17(23)20-15-9-10-15)13-18(24)21-19(16-8-5-11-25-16)14-6-3-2-4-7-14/h2-8,11,15,19H,9-10,12-13H2,1H3,(H,20,23)(H,21,24)/t19-/m0/s1. The lowest BCUT2D eigenvalue weighted by atomic mass is 10.1. The van der Waals surface area contributed by atoms with Crippen LogP contribution in [0.1, 0.15) is 29.3 Å². The molecule has 1 fully saturated rings. The average Bonchev–Trinajstić information content (AvgIpc) is 3.23. The van der Waals surface area contributed by atoms with E-state index < -0.39 is 0 Å². The zero-order valence-electron chi connectivity index (χ0n) is 14.3. The molecule has 0 bridgehead atoms. The lowest BCUT2D eigenvalue weighted by Gasteiger charge is -2.21. The fraction of sp³-hybridized carbons (Fsp3) is 0.368. The van der Waals surface area contributed by atoms with Gasteiger partial charge in [-0.1, -0.05) is 36.4 Å². The van der Waals surface area contributed by atoms with Gasteiger partial charge in [0.2, 0.25) is 11.8 Å². The Kier molecular flexibility index (Phi) is 5.83. The molecule has 132 valence electrons. The van der Waals surface area contributed by atoms with Crippen molar-refractivity contribution in [2.45, 2.75) is 24.9 Å². The maximum atomic E-state index is 12.5. The Morgan fingerprint density at radius 3 is 2.48 bits per heavy atom. The predicted octanol–water partition coefficient (Wildman–Crippen LogP) is 2.16. The summed E-state index contributed by atoms with van der Waals surface area (Å²) in [4.78, 5) is 27.1. The van der Waals surface area contributed by atoms with Gasteiger partial charge in [0, 0.05) is 10.9 Å². The predicted molar refractivity (Wildman–Crippen MR) is 99.4 cm³/mol. The van der Waals surface area contributed by atoms with E-state index in [1.54, 1.807) is 23.3 Å². The molecule has 2 N–H and O–H groups in total. The molecule has 0 aliphatic heterocycles. The first kappa shape index (κ1) is 17.6. The minimum Gasteiger partial charge on any atom is -0.352 e. The summed E-state index contributed by atoms with van der Waals surface area (Å²) in [5.74, 6) is -0.111. The zero-order chi connectivity index (χ0) is 17.6. The van der Waals surface area contributed by atoms with E-state index in [9.17, 15) is 9.59 Å². The number of thiophene rings is 1. The van der Waals surface area contributed by atoms with Gasteiger partial charge >= 0.3 is 0 Å². The largest absolute Gasteiger partial charge is 0.352 e. The summed E-state index contributed by atoms with van der Waals surface area (Å²) in [6.45, 7) is 0.422. The third-order valence-electron chi connectivity index (χ3n) is 4.04. The lowest BCUT2D eigenvalue weighted by Crippen LogP contribution is -2.42. The van der Waals surface area contributed by atoms with Gasteiger partial charge in [0.1, 0.15) is 0 Å². The van der Waals surface area contributed by atoms with Crippen molar-refractivity contribution in [3.05, 3.63) is 58.3 Å². The minimum atomic E-state index is -0.164. The molecular weight excluding hydrogens is 334 g/mol. The van der Waals surface area contributed by atoms with Crippen LogP contribution in [-0.4, -0.2) is 42.9 Å². The van der Waals surface area contributed by atoms with E-state index in [0.717, 1.165) is 23.3 Å². The molecule has 6 heteroatoms. The number of hydrogen-bond donors (Lipinski definition) is 2. The van der Waals surface area contributed by atoms with Crippen LogP contribution < -0.4 is 10.6 Å². The Labute approximate surface area is 152 Å². The number of nitrogens with zero attached hydrogens (tertiary/aromatic N) is 1. The minimum absolute atomic E-state index is 0.0179. The van der Waals surface area contributed by atoms with Crippen molar-refractivity contribution >= 4 is 23.2 Å². The van der Waals surface area contributed by atoms with E-state index >= 15 is 0 Å². The molecule has 0 saturated heterocycles. The van der Waals surface area contributed by atoms with E-state index in [4.69, 9.17) is 0 Å². The first-order valence-corrected chi connectivity index (χ1v) is 9.35. The summed E-state index contributed by atoms with van der Waals surface area (Å²) in [7, 11) is 1.79. The van der Waals surface area contributed by atoms with Crippen LogP contribution >= 0.6 is 11.3 Å². The summed E-state index contributed by atoms with van der Waals surface area (Å²) >= 11 is 1.62. The van der Waals surface area contributed by atoms with Crippen molar-refractivity contribution in [2.75, 3.05) is 20.1 Å². The Balaban J connectivity index is 1.57. The number of benzene rings is 1. The van der Waals surface area contributed by atoms with E-state index in [1.165, 1.54) is 0 Å². The highest BCUT2D eigenvalue weighted by Crippen LogP contribution is 2.25. The summed E-state index contributed by atoms with van der Waals surface area (Å²) in [5.41, 5.74) is 1.05. The van der Waals surface area contributed by atoms with Crippen molar-refractivity contribution in [1.29, 1.82) is 0 Å². The van der Waals surface area contributed by atoms with Crippen LogP contribution in [0, 0.1) is 0 Å². The third-order valence-corrected chi connectivity index (χ3v) is 4.97. The second-order valence-electron chi connectivity index (χ2n) is 6.44. The summed E-state index contributed by atoms with van der Waals surface area (Å²) < 4.78 is 0. The van der Waals surface area contributed by atoms with Crippen LogP contribution in [0.15, 0.2) is 47.8 Å². The van der Waals surface area contributed by atoms with Crippen molar-refractivity contribution in [1.82, 2.24) is 15.5 Å². The molecule has 25 heavy (non-hydrogen) atoms. The molecule has 1 saturated carbocycles. The van der Waals surface area contributed by atoms with Crippen LogP contribution in [-0.2, 0) is 9.59 Å². The topological polar surface area (TPSA) is 61.4 Å². The van der Waals surface area contributed by atoms with Gasteiger partial charge < -0.3 is 10.6 Å². The van der Waals surface area contributed by atoms with Crippen molar-refractivity contribution < 1.29 is 9.59 Å². The van der Waals surface area contributed by atoms with Gasteiger partial charge in [-0.3, -0.25) is 14.5 Å². The maximum absolute atomic E-state index is 12.5. The molecule has 5 nitrogen and oxygen atoms in total. The van der Waals surface area contributed by atoms with Gasteiger partial charge in [0.25, 0.3) is 0 Å². The highest BCUT2D eigenvalue weighted by molar-refractivity contribution is 7.10. The smallest absolute Gasteiger partial charge is 0.234 e. The lowest BCUT2D eigenvalue weighted by molar-refractivity contribution is -0.124. The van der Waals surface area contributed by atoms with E-state index in [1.807, 2.05) is 47.8 Å². The number of amides is 2. The maximum Gasteiger partial charge on any atom is 0.234 e. The van der Waals surface area contributed by atoms with Gasteiger partial charge in [-0.15, -0.1) is 11.3 Å². The Bertz CT molecular complexity index is 699. The van der Waals surface area contributed by atoms with Crippen LogP contribution in [0.5, 0.6) is 0 Å². The number of likely N-dealkylation sites (N-methyl/N-ethyl adjacent to an activating group) is 1. The highest BCUT2D eigenvalue weighted by Gasteiger charge is 2.24. The van der Waals surface area contributed by atoms with Gasteiger partial charge in [0.05, 0.1) is 19.1 Å². The molecule has 0 spiro atoms. The van der Waals surface area contributed by atoms with Gasteiger partial charge in [0.15, 0.2) is 0 Å². The molecule has 1 aromatic carbocycles. The number of hydrogen-bond acceptors (Lipinski definition) is 4. The molecule has 1 atom stereocenters. The molecule has 0 unspecified atom stereocenters. The quantitative estimate of drug-likeness (QED) is 0.761. The van der Waals surface area contributed by atoms with Crippen molar-refractivity contribution in [2.24, 2.45) is 0 Å². The number of rotatable bonds is 8. The molecule has 1 aromatic heterocycles. The fourth-order valence-corrected chi connectivity index (χ4v) is 3.48. The summed E-state index contributed by atoms with van der Waals surface area (Å²) in [6.07, 6.45) is 2.13. The molecule has 0 radical (unpaired) electrons. The van der Waals surface area contributed by atoms with E-state index in [0.29, 0.717) is 6.04 Å². The van der Waals surface area contributed by atoms with Crippen molar-refractivity contribution in [3.63, 3.8) is 0 Å². The average molecular weight is 357 g/mol. The van der Waals surface area contributed by atoms with Crippen LogP contribution in [0.4, 0.5) is 0 Å². The second kappa shape index (κ2) is 8.27. The Morgan fingerprint density at radius 1 is 1.12 bits per heavy atom. The molecule has 2 aromatic rings. The second-order valence-corrected chi connectivity index (χ2v) is 7.42. The molecule has 1 aliphatic carbocycles. The van der Waals surface area contributed by atoms with Gasteiger partial charge in [-0.05, 0) is 36.9 Å². The van der Waals surface area contributed by atoms with E-state index in [-0.39, 0.29) is 30.9 Å². The summed E-state index contributed by atoms with van der Waals surface area (Å²) in [6, 6.07) is 14.1. The van der Waals surface area contributed by atoms with Crippen LogP contribution in [0.25, 0.3) is 0 Å². The van der Waals surface area contributed by atoms with Crippen LogP contribution in [0.3, 0.4) is 0 Å². The number of carbonyl (C=O) groups excluding carboxylic acids is 2. The Morgan fingerprint density at radius 2 is 1.84 bits per heavy atom. The van der Waals surface area contributed by atoms with Crippen LogP contribution in [0.2, 0.25) is 0 Å². The molecule has 3 rings (SSSR count). The molecule has 1 aliphatic rings. The summed E-state index contributed by atoms with van der Waals surface area (Å²) in [5, 5.41) is 8.03. The number of carbonyl (C=O) groups is 2. The van der Waals surface area contributed by atoms with Crippen molar-refractivity contribution in [3.8, 4) is 0 Å². The molecule has 2 amide bonds. The highest BCUT2D eigenvalue weighted by atomic mass is 32.1. The monoisotopic (exact) mass is 357 g/mol. The first-order valence-electron chi connectivity index (χ1n) is 8.47.